The number of carbonyl (C=O) groups is 2. The number of carbonyl (C=O) groups excluding carboxylic acids is 2. The van der Waals surface area contributed by atoms with E-state index in [0.717, 1.165) is 12.8 Å². The first kappa shape index (κ1) is 10.8. The van der Waals surface area contributed by atoms with Crippen molar-refractivity contribution in [1.29, 1.82) is 0 Å². The van der Waals surface area contributed by atoms with Gasteiger partial charge in [-0.2, -0.15) is 0 Å². The third kappa shape index (κ3) is 1.00. The minimum atomic E-state index is -0.307. The lowest BCUT2D eigenvalue weighted by atomic mass is 9.42. The first-order chi connectivity index (χ1) is 6.86. The van der Waals surface area contributed by atoms with Crippen LogP contribution in [0.4, 0.5) is 0 Å². The molecule has 0 bridgehead atoms. The standard InChI is InChI=1S/C13H20O2/c1-8-5-6-12(4)10(3)11(15)13(8,12)7-9(2)14/h8,10H,5-7H2,1-4H3/t8-,10+,12+,13-/m0/s1. The Balaban J connectivity index is 2.41. The highest BCUT2D eigenvalue weighted by molar-refractivity contribution is 5.99. The second-order valence-electron chi connectivity index (χ2n) is 5.79. The molecule has 84 valence electrons. The van der Waals surface area contributed by atoms with Gasteiger partial charge in [-0.15, -0.1) is 0 Å². The van der Waals surface area contributed by atoms with Crippen molar-refractivity contribution in [1.82, 2.24) is 0 Å². The zero-order chi connectivity index (χ0) is 11.4. The molecule has 0 unspecified atom stereocenters. The summed E-state index contributed by atoms with van der Waals surface area (Å²) in [5.41, 5.74) is -0.215. The van der Waals surface area contributed by atoms with Gasteiger partial charge in [0.05, 0.1) is 0 Å². The van der Waals surface area contributed by atoms with Gasteiger partial charge in [-0.3, -0.25) is 9.59 Å². The number of hydrogen-bond donors (Lipinski definition) is 0. The van der Waals surface area contributed by atoms with Gasteiger partial charge in [0.1, 0.15) is 11.6 Å². The molecule has 4 atom stereocenters. The van der Waals surface area contributed by atoms with E-state index in [-0.39, 0.29) is 22.5 Å². The Morgan fingerprint density at radius 2 is 2.07 bits per heavy atom. The van der Waals surface area contributed by atoms with Crippen LogP contribution in [0, 0.1) is 22.7 Å². The average molecular weight is 208 g/mol. The molecule has 0 spiro atoms. The molecular formula is C13H20O2. The Bertz CT molecular complexity index is 333. The predicted octanol–water partition coefficient (Wildman–Crippen LogP) is 2.61. The van der Waals surface area contributed by atoms with Crippen LogP contribution in [-0.4, -0.2) is 11.6 Å². The normalized spacial score (nSPS) is 48.7. The first-order valence-corrected chi connectivity index (χ1v) is 5.90. The maximum Gasteiger partial charge on any atom is 0.143 e. The van der Waals surface area contributed by atoms with Crippen LogP contribution < -0.4 is 0 Å². The molecule has 2 aliphatic carbocycles. The van der Waals surface area contributed by atoms with E-state index < -0.39 is 0 Å². The highest BCUT2D eigenvalue weighted by Gasteiger charge is 2.72. The topological polar surface area (TPSA) is 34.1 Å². The van der Waals surface area contributed by atoms with Gasteiger partial charge in [0, 0.05) is 17.8 Å². The van der Waals surface area contributed by atoms with Crippen molar-refractivity contribution in [3.63, 3.8) is 0 Å². The first-order valence-electron chi connectivity index (χ1n) is 5.90. The number of hydrogen-bond acceptors (Lipinski definition) is 2. The van der Waals surface area contributed by atoms with Gasteiger partial charge >= 0.3 is 0 Å². The summed E-state index contributed by atoms with van der Waals surface area (Å²) in [7, 11) is 0. The molecule has 0 aromatic carbocycles. The van der Waals surface area contributed by atoms with Crippen LogP contribution in [0.25, 0.3) is 0 Å². The molecule has 0 aliphatic heterocycles. The fourth-order valence-electron chi connectivity index (χ4n) is 4.13. The van der Waals surface area contributed by atoms with E-state index in [1.807, 2.05) is 6.92 Å². The Hall–Kier alpha value is -0.660. The van der Waals surface area contributed by atoms with Crippen LogP contribution >= 0.6 is 0 Å². The van der Waals surface area contributed by atoms with Crippen LogP contribution in [0.2, 0.25) is 0 Å². The Kier molecular flexibility index (Phi) is 2.12. The third-order valence-corrected chi connectivity index (χ3v) is 5.27. The molecule has 0 N–H and O–H groups in total. The molecule has 0 heterocycles. The van der Waals surface area contributed by atoms with Gasteiger partial charge < -0.3 is 0 Å². The van der Waals surface area contributed by atoms with Gasteiger partial charge in [0.2, 0.25) is 0 Å². The van der Waals surface area contributed by atoms with Crippen molar-refractivity contribution in [2.24, 2.45) is 22.7 Å². The zero-order valence-corrected chi connectivity index (χ0v) is 10.1. The van der Waals surface area contributed by atoms with Crippen LogP contribution in [0.1, 0.15) is 47.0 Å². The molecule has 0 saturated heterocycles. The molecule has 15 heavy (non-hydrogen) atoms. The molecule has 2 rings (SSSR count). The summed E-state index contributed by atoms with van der Waals surface area (Å²) < 4.78 is 0. The predicted molar refractivity (Wildman–Crippen MR) is 58.4 cm³/mol. The van der Waals surface area contributed by atoms with Crippen molar-refractivity contribution in [2.75, 3.05) is 0 Å². The molecule has 2 fully saturated rings. The third-order valence-electron chi connectivity index (χ3n) is 5.27. The Morgan fingerprint density at radius 3 is 2.60 bits per heavy atom. The minimum Gasteiger partial charge on any atom is -0.300 e. The highest BCUT2D eigenvalue weighted by Crippen LogP contribution is 2.70. The zero-order valence-electron chi connectivity index (χ0n) is 10.1. The fourth-order valence-corrected chi connectivity index (χ4v) is 4.13. The summed E-state index contributed by atoms with van der Waals surface area (Å²) in [6.07, 6.45) is 2.67. The summed E-state index contributed by atoms with van der Waals surface area (Å²) in [6.45, 7) is 7.97. The summed E-state index contributed by atoms with van der Waals surface area (Å²) >= 11 is 0. The lowest BCUT2D eigenvalue weighted by molar-refractivity contribution is -0.176. The van der Waals surface area contributed by atoms with E-state index >= 15 is 0 Å². The van der Waals surface area contributed by atoms with Crippen molar-refractivity contribution in [2.45, 2.75) is 47.0 Å². The average Bonchev–Trinajstić information content (AvgIpc) is 2.40. The maximum absolute atomic E-state index is 12.2. The van der Waals surface area contributed by atoms with E-state index in [4.69, 9.17) is 0 Å². The highest BCUT2D eigenvalue weighted by atomic mass is 16.1. The van der Waals surface area contributed by atoms with Crippen molar-refractivity contribution >= 4 is 11.6 Å². The number of ketones is 2. The fraction of sp³-hybridized carbons (Fsp3) is 0.846. The maximum atomic E-state index is 12.2. The quantitative estimate of drug-likeness (QED) is 0.699. The van der Waals surface area contributed by atoms with Crippen molar-refractivity contribution in [3.8, 4) is 0 Å². The number of rotatable bonds is 2. The van der Waals surface area contributed by atoms with Crippen LogP contribution in [0.5, 0.6) is 0 Å². The lowest BCUT2D eigenvalue weighted by Crippen LogP contribution is -2.63. The Labute approximate surface area is 91.4 Å². The second kappa shape index (κ2) is 2.93. The van der Waals surface area contributed by atoms with Gasteiger partial charge in [-0.25, -0.2) is 0 Å². The van der Waals surface area contributed by atoms with E-state index in [1.54, 1.807) is 6.92 Å². The summed E-state index contributed by atoms with van der Waals surface area (Å²) in [4.78, 5) is 23.5. The summed E-state index contributed by atoms with van der Waals surface area (Å²) in [5.74, 6) is 1.04. The molecule has 0 amide bonds. The molecule has 2 nitrogen and oxygen atoms in total. The number of Topliss-reactive ketones (excluding diaryl/α,β-unsaturated/α-hetero) is 2. The van der Waals surface area contributed by atoms with E-state index in [2.05, 4.69) is 13.8 Å². The second-order valence-corrected chi connectivity index (χ2v) is 5.79. The molecule has 0 aromatic rings. The smallest absolute Gasteiger partial charge is 0.143 e. The summed E-state index contributed by atoms with van der Waals surface area (Å²) in [5, 5.41) is 0. The van der Waals surface area contributed by atoms with Crippen LogP contribution in [0.3, 0.4) is 0 Å². The van der Waals surface area contributed by atoms with E-state index in [1.165, 1.54) is 0 Å². The van der Waals surface area contributed by atoms with Crippen LogP contribution in [0.15, 0.2) is 0 Å². The summed E-state index contributed by atoms with van der Waals surface area (Å²) in [6, 6.07) is 0. The minimum absolute atomic E-state index is 0.0924. The van der Waals surface area contributed by atoms with Crippen LogP contribution in [-0.2, 0) is 9.59 Å². The molecule has 0 radical (unpaired) electrons. The largest absolute Gasteiger partial charge is 0.300 e. The molecule has 2 heteroatoms. The monoisotopic (exact) mass is 208 g/mol. The van der Waals surface area contributed by atoms with Gasteiger partial charge in [0.15, 0.2) is 0 Å². The SMILES string of the molecule is CC(=O)C[C@]12C(=O)[C@@H](C)[C@@]1(C)CC[C@@H]2C. The molecule has 2 saturated carbocycles. The van der Waals surface area contributed by atoms with Gasteiger partial charge in [-0.1, -0.05) is 20.8 Å². The molecular weight excluding hydrogens is 188 g/mol. The van der Waals surface area contributed by atoms with Gasteiger partial charge in [0.25, 0.3) is 0 Å². The van der Waals surface area contributed by atoms with E-state index in [0.29, 0.717) is 18.1 Å². The van der Waals surface area contributed by atoms with Crippen molar-refractivity contribution < 1.29 is 9.59 Å². The van der Waals surface area contributed by atoms with E-state index in [9.17, 15) is 9.59 Å². The van der Waals surface area contributed by atoms with Gasteiger partial charge in [-0.05, 0) is 31.1 Å². The molecule has 2 aliphatic rings. The lowest BCUT2D eigenvalue weighted by Gasteiger charge is -2.58. The Morgan fingerprint density at radius 1 is 1.47 bits per heavy atom. The van der Waals surface area contributed by atoms with Crippen molar-refractivity contribution in [3.05, 3.63) is 0 Å². The number of fused-ring (bicyclic) bond motifs is 1. The molecule has 0 aromatic heterocycles.